The lowest BCUT2D eigenvalue weighted by Gasteiger charge is -1.99. The fourth-order valence-corrected chi connectivity index (χ4v) is 2.19. The maximum absolute atomic E-state index is 3.48. The first-order chi connectivity index (χ1) is 7.35. The van der Waals surface area contributed by atoms with Crippen molar-refractivity contribution in [1.82, 2.24) is 4.98 Å². The van der Waals surface area contributed by atoms with Crippen LogP contribution in [0, 0.1) is 0 Å². The molecule has 0 bridgehead atoms. The van der Waals surface area contributed by atoms with Gasteiger partial charge in [-0.15, -0.1) is 0 Å². The number of fused-ring (bicyclic) bond motifs is 1. The molecule has 0 radical (unpaired) electrons. The molecule has 1 N–H and O–H groups in total. The van der Waals surface area contributed by atoms with E-state index in [0.717, 1.165) is 18.2 Å². The highest BCUT2D eigenvalue weighted by molar-refractivity contribution is 9.09. The van der Waals surface area contributed by atoms with E-state index in [1.165, 1.54) is 28.5 Å². The Balaban J connectivity index is 2.38. The summed E-state index contributed by atoms with van der Waals surface area (Å²) in [6, 6.07) is 6.70. The van der Waals surface area contributed by atoms with Crippen LogP contribution in [0.15, 0.2) is 24.4 Å². The van der Waals surface area contributed by atoms with Gasteiger partial charge in [0, 0.05) is 22.4 Å². The van der Waals surface area contributed by atoms with Crippen molar-refractivity contribution < 1.29 is 0 Å². The first-order valence-corrected chi connectivity index (χ1v) is 6.62. The zero-order chi connectivity index (χ0) is 10.7. The summed E-state index contributed by atoms with van der Waals surface area (Å²) in [6.07, 6.45) is 5.60. The predicted molar refractivity (Wildman–Crippen MR) is 69.8 cm³/mol. The molecule has 2 rings (SSSR count). The molecule has 1 heterocycles. The number of benzene rings is 1. The van der Waals surface area contributed by atoms with Gasteiger partial charge in [0.05, 0.1) is 0 Å². The molecule has 80 valence electrons. The molecule has 0 spiro atoms. The van der Waals surface area contributed by atoms with Crippen molar-refractivity contribution in [2.75, 3.05) is 5.33 Å². The van der Waals surface area contributed by atoms with Gasteiger partial charge in [-0.05, 0) is 42.5 Å². The third-order valence-electron chi connectivity index (χ3n) is 2.82. The summed E-state index contributed by atoms with van der Waals surface area (Å²) in [5, 5.41) is 2.47. The number of rotatable bonds is 4. The summed E-state index contributed by atoms with van der Waals surface area (Å²) < 4.78 is 0. The number of aromatic nitrogens is 1. The largest absolute Gasteiger partial charge is 0.361 e. The Morgan fingerprint density at radius 2 is 2.20 bits per heavy atom. The van der Waals surface area contributed by atoms with Crippen LogP contribution in [0.4, 0.5) is 0 Å². The Morgan fingerprint density at radius 1 is 1.33 bits per heavy atom. The average Bonchev–Trinajstić information content (AvgIpc) is 2.68. The van der Waals surface area contributed by atoms with Crippen LogP contribution >= 0.6 is 15.9 Å². The van der Waals surface area contributed by atoms with Crippen LogP contribution in [0.2, 0.25) is 0 Å². The van der Waals surface area contributed by atoms with Gasteiger partial charge in [-0.3, -0.25) is 0 Å². The minimum Gasteiger partial charge on any atom is -0.361 e. The van der Waals surface area contributed by atoms with Gasteiger partial charge in [0.1, 0.15) is 0 Å². The summed E-state index contributed by atoms with van der Waals surface area (Å²) in [5.74, 6) is 0. The average molecular weight is 266 g/mol. The van der Waals surface area contributed by atoms with E-state index in [1.54, 1.807) is 0 Å². The van der Waals surface area contributed by atoms with Crippen molar-refractivity contribution in [3.05, 3.63) is 35.5 Å². The van der Waals surface area contributed by atoms with Crippen LogP contribution in [0.1, 0.15) is 24.5 Å². The van der Waals surface area contributed by atoms with E-state index in [-0.39, 0.29) is 0 Å². The highest BCUT2D eigenvalue weighted by Gasteiger charge is 2.03. The number of hydrogen-bond acceptors (Lipinski definition) is 0. The van der Waals surface area contributed by atoms with Gasteiger partial charge in [0.25, 0.3) is 0 Å². The Labute approximate surface area is 99.0 Å². The lowest BCUT2D eigenvalue weighted by Crippen LogP contribution is -1.85. The molecule has 0 saturated heterocycles. The van der Waals surface area contributed by atoms with Gasteiger partial charge in [-0.2, -0.15) is 0 Å². The molecule has 1 aromatic heterocycles. The fourth-order valence-electron chi connectivity index (χ4n) is 1.91. The predicted octanol–water partition coefficient (Wildman–Crippen LogP) is 4.06. The quantitative estimate of drug-likeness (QED) is 0.803. The zero-order valence-corrected chi connectivity index (χ0v) is 10.6. The number of halogens is 1. The highest BCUT2D eigenvalue weighted by atomic mass is 79.9. The van der Waals surface area contributed by atoms with E-state index in [1.807, 2.05) is 0 Å². The van der Waals surface area contributed by atoms with Gasteiger partial charge in [0.15, 0.2) is 0 Å². The summed E-state index contributed by atoms with van der Waals surface area (Å²) >= 11 is 3.48. The Bertz CT molecular complexity index is 445. The zero-order valence-electron chi connectivity index (χ0n) is 9.02. The van der Waals surface area contributed by atoms with Crippen LogP contribution in [-0.2, 0) is 12.8 Å². The lowest BCUT2D eigenvalue weighted by atomic mass is 10.1. The third-order valence-corrected chi connectivity index (χ3v) is 3.38. The SMILES string of the molecule is CCc1ccc2[nH]cc(CCCBr)c2c1. The first kappa shape index (κ1) is 10.7. The summed E-state index contributed by atoms with van der Waals surface area (Å²) in [6.45, 7) is 2.20. The molecule has 1 aromatic carbocycles. The molecular weight excluding hydrogens is 250 g/mol. The monoisotopic (exact) mass is 265 g/mol. The Morgan fingerprint density at radius 3 is 2.93 bits per heavy atom. The topological polar surface area (TPSA) is 15.8 Å². The Kier molecular flexibility index (Phi) is 3.47. The molecule has 0 aliphatic carbocycles. The normalized spacial score (nSPS) is 11.1. The molecule has 0 aliphatic heterocycles. The van der Waals surface area contributed by atoms with Crippen LogP contribution in [0.5, 0.6) is 0 Å². The van der Waals surface area contributed by atoms with E-state index < -0.39 is 0 Å². The minimum absolute atomic E-state index is 1.08. The first-order valence-electron chi connectivity index (χ1n) is 5.50. The maximum atomic E-state index is 3.48. The summed E-state index contributed by atoms with van der Waals surface area (Å²) in [4.78, 5) is 3.33. The minimum atomic E-state index is 1.08. The third kappa shape index (κ3) is 2.25. The molecule has 2 heteroatoms. The van der Waals surface area contributed by atoms with Crippen LogP contribution < -0.4 is 0 Å². The van der Waals surface area contributed by atoms with Crippen molar-refractivity contribution in [3.63, 3.8) is 0 Å². The molecule has 1 nitrogen and oxygen atoms in total. The van der Waals surface area contributed by atoms with Crippen molar-refractivity contribution >= 4 is 26.8 Å². The smallest absolute Gasteiger partial charge is 0.0456 e. The van der Waals surface area contributed by atoms with Gasteiger partial charge in [-0.1, -0.05) is 28.9 Å². The van der Waals surface area contributed by atoms with E-state index in [9.17, 15) is 0 Å². The Hall–Kier alpha value is -0.760. The van der Waals surface area contributed by atoms with E-state index in [2.05, 4.69) is 52.2 Å². The second-order valence-corrected chi connectivity index (χ2v) is 4.63. The van der Waals surface area contributed by atoms with Crippen LogP contribution in [0.3, 0.4) is 0 Å². The van der Waals surface area contributed by atoms with Crippen molar-refractivity contribution in [2.24, 2.45) is 0 Å². The highest BCUT2D eigenvalue weighted by Crippen LogP contribution is 2.21. The molecule has 0 fully saturated rings. The second-order valence-electron chi connectivity index (χ2n) is 3.84. The second kappa shape index (κ2) is 4.84. The van der Waals surface area contributed by atoms with E-state index in [0.29, 0.717) is 0 Å². The molecule has 0 saturated carbocycles. The molecular formula is C13H16BrN. The van der Waals surface area contributed by atoms with Crippen molar-refractivity contribution in [3.8, 4) is 0 Å². The molecule has 0 aliphatic rings. The van der Waals surface area contributed by atoms with Gasteiger partial charge in [-0.25, -0.2) is 0 Å². The van der Waals surface area contributed by atoms with Gasteiger partial charge in [0.2, 0.25) is 0 Å². The van der Waals surface area contributed by atoms with Gasteiger partial charge < -0.3 is 4.98 Å². The van der Waals surface area contributed by atoms with Crippen LogP contribution in [0.25, 0.3) is 10.9 Å². The maximum Gasteiger partial charge on any atom is 0.0456 e. The number of alkyl halides is 1. The van der Waals surface area contributed by atoms with Crippen LogP contribution in [-0.4, -0.2) is 10.3 Å². The number of aromatic amines is 1. The molecule has 15 heavy (non-hydrogen) atoms. The van der Waals surface area contributed by atoms with Gasteiger partial charge >= 0.3 is 0 Å². The fraction of sp³-hybridized carbons (Fsp3) is 0.385. The number of H-pyrrole nitrogens is 1. The standard InChI is InChI=1S/C13H16BrN/c1-2-10-5-6-13-12(8-10)11(9-15-13)4-3-7-14/h5-6,8-9,15H,2-4,7H2,1H3. The number of hydrogen-bond donors (Lipinski definition) is 1. The van der Waals surface area contributed by atoms with Crippen molar-refractivity contribution in [1.29, 1.82) is 0 Å². The molecule has 0 unspecified atom stereocenters. The molecule has 2 aromatic rings. The van der Waals surface area contributed by atoms with E-state index >= 15 is 0 Å². The summed E-state index contributed by atoms with van der Waals surface area (Å²) in [5.41, 5.74) is 4.12. The molecule has 0 amide bonds. The molecule has 0 atom stereocenters. The number of aryl methyl sites for hydroxylation is 2. The van der Waals surface area contributed by atoms with Crippen molar-refractivity contribution in [2.45, 2.75) is 26.2 Å². The van der Waals surface area contributed by atoms with E-state index in [4.69, 9.17) is 0 Å². The number of nitrogens with one attached hydrogen (secondary N) is 1. The summed E-state index contributed by atoms with van der Waals surface area (Å²) in [7, 11) is 0. The lowest BCUT2D eigenvalue weighted by molar-refractivity contribution is 0.947.